The average molecular weight is 300 g/mol. The molecule has 0 fully saturated rings. The first kappa shape index (κ1) is 17.0. The normalized spacial score (nSPS) is 15.9. The Bertz CT molecular complexity index is 411. The van der Waals surface area contributed by atoms with Crippen molar-refractivity contribution in [2.24, 2.45) is 0 Å². The van der Waals surface area contributed by atoms with Crippen LogP contribution in [0.25, 0.3) is 0 Å². The van der Waals surface area contributed by atoms with Gasteiger partial charge in [0, 0.05) is 11.3 Å². The number of thioether (sulfide) groups is 1. The van der Waals surface area contributed by atoms with Crippen LogP contribution in [0.3, 0.4) is 0 Å². The first-order valence-corrected chi connectivity index (χ1v) is 7.72. The van der Waals surface area contributed by atoms with Crippen molar-refractivity contribution in [2.75, 3.05) is 6.61 Å². The van der Waals surface area contributed by atoms with Crippen molar-refractivity contribution in [3.8, 4) is 0 Å². The highest BCUT2D eigenvalue weighted by Crippen LogP contribution is 2.27. The number of hydrogen-bond donors (Lipinski definition) is 2. The Morgan fingerprint density at radius 1 is 1.55 bits per heavy atom. The van der Waals surface area contributed by atoms with Gasteiger partial charge in [-0.05, 0) is 34.1 Å². The second-order valence-corrected chi connectivity index (χ2v) is 6.70. The second-order valence-electron chi connectivity index (χ2n) is 5.27. The van der Waals surface area contributed by atoms with E-state index in [1.165, 1.54) is 6.33 Å². The molecule has 0 saturated heterocycles. The highest BCUT2D eigenvalue weighted by molar-refractivity contribution is 7.99. The molecule has 0 saturated carbocycles. The van der Waals surface area contributed by atoms with Gasteiger partial charge in [0.25, 0.3) is 0 Å². The number of rotatable bonds is 8. The third-order valence-corrected chi connectivity index (χ3v) is 3.72. The Kier molecular flexibility index (Phi) is 6.48. The van der Waals surface area contributed by atoms with E-state index in [2.05, 4.69) is 27.4 Å². The number of carbonyl (C=O) groups excluding carboxylic acids is 1. The molecule has 1 rings (SSSR count). The molecule has 0 spiro atoms. The van der Waals surface area contributed by atoms with Gasteiger partial charge in [-0.3, -0.25) is 15.2 Å². The first-order chi connectivity index (χ1) is 9.37. The standard InChI is InChI=1S/C13H24N4O2S/c1-6-19-11(18)13(5,16-9(2)3)7-10(4)20-12-14-8-15-17-12/h8-10,16H,6-7H2,1-5H3,(H,14,15,17). The van der Waals surface area contributed by atoms with Crippen molar-refractivity contribution < 1.29 is 9.53 Å². The molecule has 0 radical (unpaired) electrons. The third-order valence-electron chi connectivity index (χ3n) is 2.73. The first-order valence-electron chi connectivity index (χ1n) is 6.84. The Morgan fingerprint density at radius 2 is 2.25 bits per heavy atom. The zero-order chi connectivity index (χ0) is 15.2. The zero-order valence-corrected chi connectivity index (χ0v) is 13.6. The number of ether oxygens (including phenoxy) is 1. The number of aromatic nitrogens is 3. The summed E-state index contributed by atoms with van der Waals surface area (Å²) >= 11 is 1.56. The minimum absolute atomic E-state index is 0.198. The van der Waals surface area contributed by atoms with Crippen LogP contribution in [-0.2, 0) is 9.53 Å². The summed E-state index contributed by atoms with van der Waals surface area (Å²) in [4.78, 5) is 16.3. The molecule has 1 heterocycles. The maximum absolute atomic E-state index is 12.2. The lowest BCUT2D eigenvalue weighted by Gasteiger charge is -2.32. The highest BCUT2D eigenvalue weighted by Gasteiger charge is 2.36. The highest BCUT2D eigenvalue weighted by atomic mass is 32.2. The van der Waals surface area contributed by atoms with E-state index in [1.54, 1.807) is 11.8 Å². The molecule has 6 nitrogen and oxygen atoms in total. The fraction of sp³-hybridized carbons (Fsp3) is 0.769. The van der Waals surface area contributed by atoms with Gasteiger partial charge in [-0.25, -0.2) is 4.98 Å². The molecule has 0 aliphatic carbocycles. The van der Waals surface area contributed by atoms with Crippen LogP contribution in [0.1, 0.15) is 41.0 Å². The van der Waals surface area contributed by atoms with Gasteiger partial charge in [0.15, 0.2) is 5.16 Å². The number of nitrogens with one attached hydrogen (secondary N) is 2. The SMILES string of the molecule is CCOC(=O)C(C)(CC(C)Sc1ncn[nH]1)NC(C)C. The Labute approximate surface area is 124 Å². The van der Waals surface area contributed by atoms with E-state index < -0.39 is 5.54 Å². The minimum atomic E-state index is -0.698. The van der Waals surface area contributed by atoms with Crippen LogP contribution >= 0.6 is 11.8 Å². The quantitative estimate of drug-likeness (QED) is 0.564. The summed E-state index contributed by atoms with van der Waals surface area (Å²) in [6, 6.07) is 0.201. The van der Waals surface area contributed by atoms with Gasteiger partial charge in [-0.15, -0.1) is 0 Å². The van der Waals surface area contributed by atoms with Crippen molar-refractivity contribution in [3.05, 3.63) is 6.33 Å². The molecule has 2 atom stereocenters. The molecule has 0 aliphatic rings. The minimum Gasteiger partial charge on any atom is -0.465 e. The van der Waals surface area contributed by atoms with E-state index >= 15 is 0 Å². The Morgan fingerprint density at radius 3 is 2.75 bits per heavy atom. The van der Waals surface area contributed by atoms with Crippen molar-refractivity contribution >= 4 is 17.7 Å². The molecule has 1 aromatic heterocycles. The molecule has 0 aliphatic heterocycles. The third kappa shape index (κ3) is 5.13. The number of nitrogens with zero attached hydrogens (tertiary/aromatic N) is 2. The average Bonchev–Trinajstić information content (AvgIpc) is 2.80. The predicted octanol–water partition coefficient (Wildman–Crippen LogP) is 2.00. The smallest absolute Gasteiger partial charge is 0.326 e. The number of H-pyrrole nitrogens is 1. The van der Waals surface area contributed by atoms with Gasteiger partial charge >= 0.3 is 5.97 Å². The van der Waals surface area contributed by atoms with Gasteiger partial charge in [-0.1, -0.05) is 18.7 Å². The van der Waals surface area contributed by atoms with E-state index in [0.29, 0.717) is 13.0 Å². The van der Waals surface area contributed by atoms with Gasteiger partial charge in [0.1, 0.15) is 11.9 Å². The van der Waals surface area contributed by atoms with Gasteiger partial charge in [0.2, 0.25) is 0 Å². The molecule has 0 amide bonds. The second kappa shape index (κ2) is 7.64. The summed E-state index contributed by atoms with van der Waals surface area (Å²) in [6.45, 7) is 10.2. The maximum atomic E-state index is 12.2. The number of hydrogen-bond acceptors (Lipinski definition) is 6. The van der Waals surface area contributed by atoms with Crippen molar-refractivity contribution in [1.82, 2.24) is 20.5 Å². The largest absolute Gasteiger partial charge is 0.465 e. The lowest BCUT2D eigenvalue weighted by Crippen LogP contribution is -2.54. The number of esters is 1. The summed E-state index contributed by atoms with van der Waals surface area (Å²) in [5, 5.41) is 10.9. The lowest BCUT2D eigenvalue weighted by atomic mass is 9.95. The van der Waals surface area contributed by atoms with Gasteiger partial charge in [0.05, 0.1) is 6.61 Å². The van der Waals surface area contributed by atoms with E-state index in [1.807, 2.05) is 27.7 Å². The van der Waals surface area contributed by atoms with Crippen LogP contribution in [0, 0.1) is 0 Å². The Hall–Kier alpha value is -1.08. The number of aromatic amines is 1. The monoisotopic (exact) mass is 300 g/mol. The van der Waals surface area contributed by atoms with E-state index in [0.717, 1.165) is 5.16 Å². The van der Waals surface area contributed by atoms with Crippen LogP contribution in [0.2, 0.25) is 0 Å². The molecule has 2 unspecified atom stereocenters. The van der Waals surface area contributed by atoms with Crippen LogP contribution in [0.5, 0.6) is 0 Å². The van der Waals surface area contributed by atoms with Crippen molar-refractivity contribution in [1.29, 1.82) is 0 Å². The summed E-state index contributed by atoms with van der Waals surface area (Å²) in [5.41, 5.74) is -0.698. The fourth-order valence-corrected chi connectivity index (χ4v) is 3.20. The molecular formula is C13H24N4O2S. The lowest BCUT2D eigenvalue weighted by molar-refractivity contribution is -0.151. The predicted molar refractivity (Wildman–Crippen MR) is 79.6 cm³/mol. The molecule has 7 heteroatoms. The van der Waals surface area contributed by atoms with Crippen LogP contribution < -0.4 is 5.32 Å². The van der Waals surface area contributed by atoms with Crippen LogP contribution in [0.15, 0.2) is 11.5 Å². The van der Waals surface area contributed by atoms with E-state index in [-0.39, 0.29) is 17.3 Å². The van der Waals surface area contributed by atoms with Crippen LogP contribution in [-0.4, -0.2) is 44.6 Å². The molecular weight excluding hydrogens is 276 g/mol. The molecule has 2 N–H and O–H groups in total. The number of carbonyl (C=O) groups is 1. The fourth-order valence-electron chi connectivity index (χ4n) is 2.19. The zero-order valence-electron chi connectivity index (χ0n) is 12.8. The van der Waals surface area contributed by atoms with Gasteiger partial charge < -0.3 is 4.74 Å². The maximum Gasteiger partial charge on any atom is 0.326 e. The summed E-state index contributed by atoms with van der Waals surface area (Å²) in [5.74, 6) is -0.210. The van der Waals surface area contributed by atoms with E-state index in [9.17, 15) is 4.79 Å². The molecule has 20 heavy (non-hydrogen) atoms. The van der Waals surface area contributed by atoms with Gasteiger partial charge in [-0.2, -0.15) is 5.10 Å². The summed E-state index contributed by atoms with van der Waals surface area (Å²) in [6.07, 6.45) is 2.13. The molecule has 0 aromatic carbocycles. The van der Waals surface area contributed by atoms with Crippen molar-refractivity contribution in [3.63, 3.8) is 0 Å². The molecule has 114 valence electrons. The summed E-state index contributed by atoms with van der Waals surface area (Å²) in [7, 11) is 0. The molecule has 1 aromatic rings. The Balaban J connectivity index is 2.70. The van der Waals surface area contributed by atoms with E-state index in [4.69, 9.17) is 4.74 Å². The topological polar surface area (TPSA) is 79.9 Å². The summed E-state index contributed by atoms with van der Waals surface area (Å²) < 4.78 is 5.20. The molecule has 0 bridgehead atoms. The van der Waals surface area contributed by atoms with Crippen molar-refractivity contribution in [2.45, 2.75) is 63.0 Å². The van der Waals surface area contributed by atoms with Crippen LogP contribution in [0.4, 0.5) is 0 Å².